The summed E-state index contributed by atoms with van der Waals surface area (Å²) >= 11 is 0. The first-order valence-electron chi connectivity index (χ1n) is 11.4. The minimum absolute atomic E-state index is 0. The Morgan fingerprint density at radius 1 is 0.556 bits per heavy atom. The molecule has 36 heavy (non-hydrogen) atoms. The second kappa shape index (κ2) is 12.6. The summed E-state index contributed by atoms with van der Waals surface area (Å²) in [4.78, 5) is 9.08. The van der Waals surface area contributed by atoms with Crippen LogP contribution in [0.25, 0.3) is 39.6 Å². The van der Waals surface area contributed by atoms with E-state index in [1.54, 1.807) is 6.20 Å². The molecule has 3 nitrogen and oxygen atoms in total. The van der Waals surface area contributed by atoms with Crippen LogP contribution >= 0.6 is 0 Å². The zero-order valence-corrected chi connectivity index (χ0v) is 21.8. The molecule has 0 aliphatic heterocycles. The monoisotopic (exact) mass is 642 g/mol. The van der Waals surface area contributed by atoms with Crippen molar-refractivity contribution < 1.29 is 20.1 Å². The van der Waals surface area contributed by atoms with E-state index in [4.69, 9.17) is 4.98 Å². The fraction of sp³-hybridized carbons (Fsp3) is 0. The first-order valence-corrected chi connectivity index (χ1v) is 11.4. The van der Waals surface area contributed by atoms with Crippen molar-refractivity contribution in [1.29, 1.82) is 0 Å². The van der Waals surface area contributed by atoms with Gasteiger partial charge in [-0.1, -0.05) is 60.7 Å². The van der Waals surface area contributed by atoms with Crippen LogP contribution in [0.2, 0.25) is 0 Å². The molecule has 0 saturated carbocycles. The molecule has 0 N–H and O–H groups in total. The smallest absolute Gasteiger partial charge is 0.0771 e. The van der Waals surface area contributed by atoms with E-state index < -0.39 is 0 Å². The zero-order chi connectivity index (χ0) is 23.7. The van der Waals surface area contributed by atoms with Gasteiger partial charge in [0.05, 0.1) is 11.5 Å². The Labute approximate surface area is 225 Å². The van der Waals surface area contributed by atoms with Crippen molar-refractivity contribution in [3.05, 3.63) is 152 Å². The Balaban J connectivity index is 0.000000198. The Hall–Kier alpha value is -4.11. The predicted octanol–water partition coefficient (Wildman–Crippen LogP) is 7.55. The molecule has 0 saturated heterocycles. The average Bonchev–Trinajstić information content (AvgIpc) is 3.42. The van der Waals surface area contributed by atoms with Crippen LogP contribution in [0.3, 0.4) is 0 Å². The number of hydrogen-bond acceptors (Lipinski definition) is 2. The fourth-order valence-corrected chi connectivity index (χ4v) is 3.71. The minimum atomic E-state index is 0. The van der Waals surface area contributed by atoms with Crippen LogP contribution in [0.5, 0.6) is 0 Å². The van der Waals surface area contributed by atoms with Gasteiger partial charge in [0.25, 0.3) is 0 Å². The third-order valence-corrected chi connectivity index (χ3v) is 5.41. The van der Waals surface area contributed by atoms with Crippen LogP contribution in [0.15, 0.2) is 140 Å². The van der Waals surface area contributed by atoms with E-state index in [0.29, 0.717) is 0 Å². The largest absolute Gasteiger partial charge is 0.339 e. The summed E-state index contributed by atoms with van der Waals surface area (Å²) in [6, 6.07) is 48.5. The summed E-state index contributed by atoms with van der Waals surface area (Å²) in [5.41, 5.74) is 6.16. The molecule has 6 rings (SSSR count). The first-order chi connectivity index (χ1) is 17.4. The van der Waals surface area contributed by atoms with Crippen LogP contribution in [-0.4, -0.2) is 14.5 Å². The van der Waals surface area contributed by atoms with E-state index in [0.717, 1.165) is 39.6 Å². The number of nitrogens with zero attached hydrogens (tertiary/aromatic N) is 3. The average molecular weight is 642 g/mol. The molecule has 4 aromatic carbocycles. The second-order valence-corrected chi connectivity index (χ2v) is 7.79. The Morgan fingerprint density at radius 2 is 1.17 bits per heavy atom. The Morgan fingerprint density at radius 3 is 1.78 bits per heavy atom. The van der Waals surface area contributed by atoms with Gasteiger partial charge in [0.2, 0.25) is 0 Å². The molecule has 2 aromatic heterocycles. The molecule has 2 heterocycles. The molecule has 0 aliphatic carbocycles. The third kappa shape index (κ3) is 6.11. The molecule has 0 aliphatic rings. The first kappa shape index (κ1) is 25.0. The van der Waals surface area contributed by atoms with Crippen molar-refractivity contribution in [2.75, 3.05) is 0 Å². The topological polar surface area (TPSA) is 30.7 Å². The van der Waals surface area contributed by atoms with E-state index in [9.17, 15) is 0 Å². The van der Waals surface area contributed by atoms with Gasteiger partial charge < -0.3 is 9.55 Å². The SMILES string of the molecule is [Ir].[c-]1ccccc1-c1ccccn1.[c-]1ccccc1-c1nc(-c2ccccc2)cn1-c1ccccc1. The molecule has 4 heteroatoms. The summed E-state index contributed by atoms with van der Waals surface area (Å²) in [7, 11) is 0. The number of rotatable bonds is 4. The van der Waals surface area contributed by atoms with E-state index in [-0.39, 0.29) is 20.1 Å². The Bertz CT molecular complexity index is 1360. The van der Waals surface area contributed by atoms with Gasteiger partial charge in [-0.25, -0.2) is 0 Å². The summed E-state index contributed by atoms with van der Waals surface area (Å²) in [5, 5.41) is 0. The number of para-hydroxylation sites is 1. The van der Waals surface area contributed by atoms with Crippen LogP contribution in [0.4, 0.5) is 0 Å². The van der Waals surface area contributed by atoms with Crippen molar-refractivity contribution in [3.63, 3.8) is 0 Å². The number of imidazole rings is 1. The number of aromatic nitrogens is 3. The van der Waals surface area contributed by atoms with Gasteiger partial charge in [-0.05, 0) is 23.9 Å². The molecular formula is C32H23IrN3-2. The molecule has 6 aromatic rings. The molecule has 0 spiro atoms. The summed E-state index contributed by atoms with van der Waals surface area (Å²) in [5.74, 6) is 0.899. The van der Waals surface area contributed by atoms with Gasteiger partial charge in [-0.15, -0.1) is 71.8 Å². The predicted molar refractivity (Wildman–Crippen MR) is 142 cm³/mol. The van der Waals surface area contributed by atoms with Gasteiger partial charge in [0.15, 0.2) is 0 Å². The van der Waals surface area contributed by atoms with Crippen LogP contribution in [0.1, 0.15) is 0 Å². The zero-order valence-electron chi connectivity index (χ0n) is 19.5. The maximum atomic E-state index is 4.86. The summed E-state index contributed by atoms with van der Waals surface area (Å²) in [6.07, 6.45) is 3.87. The van der Waals surface area contributed by atoms with Gasteiger partial charge in [0, 0.05) is 43.7 Å². The van der Waals surface area contributed by atoms with Crippen molar-refractivity contribution in [2.24, 2.45) is 0 Å². The van der Waals surface area contributed by atoms with Crippen molar-refractivity contribution in [3.8, 4) is 39.6 Å². The van der Waals surface area contributed by atoms with E-state index in [1.165, 1.54) is 0 Å². The van der Waals surface area contributed by atoms with E-state index in [1.807, 2.05) is 103 Å². The number of benzene rings is 4. The van der Waals surface area contributed by atoms with Gasteiger partial charge in [0.1, 0.15) is 0 Å². The van der Waals surface area contributed by atoms with Crippen molar-refractivity contribution >= 4 is 0 Å². The molecule has 0 unspecified atom stereocenters. The second-order valence-electron chi connectivity index (χ2n) is 7.79. The van der Waals surface area contributed by atoms with E-state index in [2.05, 4.69) is 52.1 Å². The van der Waals surface area contributed by atoms with Crippen LogP contribution in [-0.2, 0) is 20.1 Å². The maximum absolute atomic E-state index is 4.86. The summed E-state index contributed by atoms with van der Waals surface area (Å²) in [6.45, 7) is 0. The molecule has 1 radical (unpaired) electrons. The van der Waals surface area contributed by atoms with Crippen LogP contribution < -0.4 is 0 Å². The van der Waals surface area contributed by atoms with Gasteiger partial charge in [-0.2, -0.15) is 0 Å². The molecule has 177 valence electrons. The van der Waals surface area contributed by atoms with Crippen molar-refractivity contribution in [1.82, 2.24) is 14.5 Å². The molecule has 0 bridgehead atoms. The standard InChI is InChI=1S/C21H15N2.C11H8N.Ir/c1-4-10-17(11-5-1)20-16-23(19-14-8-3-9-15-19)21(22-20)18-12-6-2-7-13-18;1-2-6-10(7-3-1)11-8-4-5-9-12-11;/h1-12,14-16H;1-6,8-9H;/q2*-1;. The fourth-order valence-electron chi connectivity index (χ4n) is 3.71. The van der Waals surface area contributed by atoms with Gasteiger partial charge >= 0.3 is 0 Å². The Kier molecular flexibility index (Phi) is 8.72. The maximum Gasteiger partial charge on any atom is 0.0771 e. The van der Waals surface area contributed by atoms with E-state index >= 15 is 0 Å². The normalized spacial score (nSPS) is 10.0. The number of hydrogen-bond donors (Lipinski definition) is 0. The molecular weight excluding hydrogens is 619 g/mol. The van der Waals surface area contributed by atoms with Crippen LogP contribution in [0, 0.1) is 12.1 Å². The molecule has 0 fully saturated rings. The third-order valence-electron chi connectivity index (χ3n) is 5.41. The van der Waals surface area contributed by atoms with Crippen molar-refractivity contribution in [2.45, 2.75) is 0 Å². The summed E-state index contributed by atoms with van der Waals surface area (Å²) < 4.78 is 2.12. The quantitative estimate of drug-likeness (QED) is 0.186. The number of pyridine rings is 1. The molecule has 0 atom stereocenters. The molecule has 0 amide bonds. The van der Waals surface area contributed by atoms with Gasteiger partial charge in [-0.3, -0.25) is 4.98 Å². The minimum Gasteiger partial charge on any atom is -0.339 e.